The highest BCUT2D eigenvalue weighted by Crippen LogP contribution is 2.31. The number of nitrogens with two attached hydrogens (primary N) is 1. The van der Waals surface area contributed by atoms with Crippen molar-refractivity contribution < 1.29 is 22.7 Å². The summed E-state index contributed by atoms with van der Waals surface area (Å²) in [6.45, 7) is 6.60. The van der Waals surface area contributed by atoms with Crippen molar-refractivity contribution in [3.8, 4) is 0 Å². The molecule has 1 fully saturated rings. The number of morpholine rings is 1. The maximum atomic E-state index is 13.0. The van der Waals surface area contributed by atoms with Crippen LogP contribution in [0.2, 0.25) is 0 Å². The molecule has 1 aromatic heterocycles. The first-order valence-electron chi connectivity index (χ1n) is 9.98. The highest BCUT2D eigenvalue weighted by molar-refractivity contribution is 8.02. The van der Waals surface area contributed by atoms with Gasteiger partial charge in [-0.05, 0) is 38.5 Å². The van der Waals surface area contributed by atoms with E-state index in [0.717, 1.165) is 10.6 Å². The summed E-state index contributed by atoms with van der Waals surface area (Å²) in [6.07, 6.45) is 0.119. The van der Waals surface area contributed by atoms with Gasteiger partial charge in [0.25, 0.3) is 0 Å². The first-order valence-corrected chi connectivity index (χ1v) is 13.1. The number of aryl methyl sites for hydroxylation is 2. The summed E-state index contributed by atoms with van der Waals surface area (Å²) in [5, 5.41) is 2.31. The summed E-state index contributed by atoms with van der Waals surface area (Å²) in [5.41, 5.74) is 6.99. The third kappa shape index (κ3) is 5.87. The van der Waals surface area contributed by atoms with Gasteiger partial charge < -0.3 is 15.8 Å². The summed E-state index contributed by atoms with van der Waals surface area (Å²) in [7, 11) is -3.68. The third-order valence-corrected chi connectivity index (χ3v) is 9.29. The molecule has 2 heterocycles. The predicted molar refractivity (Wildman–Crippen MR) is 124 cm³/mol. The first kappa shape index (κ1) is 24.6. The lowest BCUT2D eigenvalue weighted by atomic mass is 10.2. The van der Waals surface area contributed by atoms with Crippen LogP contribution in [0, 0.1) is 13.8 Å². The molecule has 1 aromatic carbocycles. The zero-order valence-corrected chi connectivity index (χ0v) is 20.5. The van der Waals surface area contributed by atoms with Crippen LogP contribution in [0.1, 0.15) is 23.1 Å². The Bertz CT molecular complexity index is 1110. The number of nitrogens with one attached hydrogen (secondary N) is 1. The number of carbonyl (C=O) groups excluding carboxylic acids is 2. The number of hydrogen-bond donors (Lipinski definition) is 2. The van der Waals surface area contributed by atoms with E-state index in [-0.39, 0.29) is 17.2 Å². The molecule has 0 radical (unpaired) electrons. The van der Waals surface area contributed by atoms with Crippen LogP contribution in [-0.4, -0.2) is 61.1 Å². The summed E-state index contributed by atoms with van der Waals surface area (Å²) in [5.74, 6) is -0.709. The molecule has 0 unspecified atom stereocenters. The van der Waals surface area contributed by atoms with E-state index in [9.17, 15) is 18.0 Å². The molecule has 12 heteroatoms. The van der Waals surface area contributed by atoms with E-state index in [2.05, 4.69) is 10.3 Å². The topological polar surface area (TPSA) is 132 Å². The molecule has 1 aliphatic heterocycles. The van der Waals surface area contributed by atoms with Gasteiger partial charge in [-0.25, -0.2) is 13.4 Å². The smallest absolute Gasteiger partial charge is 0.243 e. The SMILES string of the molecule is Cc1ccc(NC(=O)[C@H](C)Sc2nc(C)c(CC(N)=O)s2)cc1S(=O)(=O)N1CCOCC1. The minimum absolute atomic E-state index is 0.119. The summed E-state index contributed by atoms with van der Waals surface area (Å²) < 4.78 is 33.4. The number of ether oxygens (including phenoxy) is 1. The summed E-state index contributed by atoms with van der Waals surface area (Å²) in [6, 6.07) is 4.86. The monoisotopic (exact) mass is 498 g/mol. The van der Waals surface area contributed by atoms with Crippen molar-refractivity contribution in [2.24, 2.45) is 5.73 Å². The van der Waals surface area contributed by atoms with Crippen LogP contribution >= 0.6 is 23.1 Å². The Balaban J connectivity index is 1.71. The number of hydrogen-bond acceptors (Lipinski definition) is 8. The van der Waals surface area contributed by atoms with Gasteiger partial charge in [0, 0.05) is 23.7 Å². The number of nitrogens with zero attached hydrogens (tertiary/aromatic N) is 2. The molecule has 32 heavy (non-hydrogen) atoms. The summed E-state index contributed by atoms with van der Waals surface area (Å²) in [4.78, 5) is 29.2. The Labute approximate surface area is 195 Å². The molecule has 0 spiro atoms. The number of carbonyl (C=O) groups is 2. The van der Waals surface area contributed by atoms with Crippen LogP contribution in [-0.2, 0) is 30.8 Å². The van der Waals surface area contributed by atoms with Crippen LogP contribution in [0.3, 0.4) is 0 Å². The van der Waals surface area contributed by atoms with Crippen molar-refractivity contribution in [3.63, 3.8) is 0 Å². The van der Waals surface area contributed by atoms with Gasteiger partial charge in [0.1, 0.15) is 0 Å². The molecular formula is C20H26N4O5S3. The number of primary amides is 1. The van der Waals surface area contributed by atoms with Gasteiger partial charge in [0.2, 0.25) is 21.8 Å². The molecule has 1 atom stereocenters. The lowest BCUT2D eigenvalue weighted by Gasteiger charge is -2.27. The average Bonchev–Trinajstić information content (AvgIpc) is 3.07. The fourth-order valence-corrected chi connectivity index (χ4v) is 7.15. The Morgan fingerprint density at radius 1 is 1.31 bits per heavy atom. The average molecular weight is 499 g/mol. The van der Waals surface area contributed by atoms with E-state index in [4.69, 9.17) is 10.5 Å². The zero-order valence-electron chi connectivity index (χ0n) is 18.1. The molecule has 0 saturated carbocycles. The number of anilines is 1. The van der Waals surface area contributed by atoms with E-state index in [0.29, 0.717) is 41.9 Å². The Hall–Kier alpha value is -1.99. The minimum Gasteiger partial charge on any atom is -0.379 e. The minimum atomic E-state index is -3.68. The van der Waals surface area contributed by atoms with Crippen LogP contribution in [0.15, 0.2) is 27.4 Å². The normalized spacial score (nSPS) is 16.0. The first-order chi connectivity index (χ1) is 15.1. The maximum Gasteiger partial charge on any atom is 0.243 e. The number of thioether (sulfide) groups is 1. The number of sulfonamides is 1. The molecule has 174 valence electrons. The van der Waals surface area contributed by atoms with Gasteiger partial charge in [0.05, 0.1) is 35.5 Å². The lowest BCUT2D eigenvalue weighted by molar-refractivity contribution is -0.117. The van der Waals surface area contributed by atoms with Crippen LogP contribution in [0.4, 0.5) is 5.69 Å². The van der Waals surface area contributed by atoms with Gasteiger partial charge in [-0.2, -0.15) is 4.31 Å². The third-order valence-electron chi connectivity index (χ3n) is 4.90. The molecule has 2 amide bonds. The van der Waals surface area contributed by atoms with Gasteiger partial charge in [0.15, 0.2) is 4.34 Å². The van der Waals surface area contributed by atoms with E-state index < -0.39 is 21.2 Å². The van der Waals surface area contributed by atoms with Crippen molar-refractivity contribution in [1.82, 2.24) is 9.29 Å². The largest absolute Gasteiger partial charge is 0.379 e. The second kappa shape index (κ2) is 10.3. The highest BCUT2D eigenvalue weighted by Gasteiger charge is 2.28. The van der Waals surface area contributed by atoms with Gasteiger partial charge >= 0.3 is 0 Å². The van der Waals surface area contributed by atoms with Crippen molar-refractivity contribution in [1.29, 1.82) is 0 Å². The Morgan fingerprint density at radius 3 is 2.66 bits per heavy atom. The zero-order chi connectivity index (χ0) is 23.5. The highest BCUT2D eigenvalue weighted by atomic mass is 32.2. The van der Waals surface area contributed by atoms with Crippen molar-refractivity contribution in [3.05, 3.63) is 34.3 Å². The lowest BCUT2D eigenvalue weighted by Crippen LogP contribution is -2.40. The van der Waals surface area contributed by atoms with Crippen LogP contribution in [0.5, 0.6) is 0 Å². The van der Waals surface area contributed by atoms with Gasteiger partial charge in [-0.3, -0.25) is 9.59 Å². The number of amides is 2. The van der Waals surface area contributed by atoms with Gasteiger partial charge in [-0.1, -0.05) is 17.8 Å². The van der Waals surface area contributed by atoms with Gasteiger partial charge in [-0.15, -0.1) is 11.3 Å². The van der Waals surface area contributed by atoms with Crippen molar-refractivity contribution in [2.75, 3.05) is 31.6 Å². The van der Waals surface area contributed by atoms with Crippen LogP contribution in [0.25, 0.3) is 0 Å². The summed E-state index contributed by atoms with van der Waals surface area (Å²) >= 11 is 2.61. The molecule has 3 rings (SSSR count). The molecule has 0 aliphatic carbocycles. The fraction of sp³-hybridized carbons (Fsp3) is 0.450. The molecule has 9 nitrogen and oxygen atoms in total. The molecular weight excluding hydrogens is 472 g/mol. The molecule has 0 bridgehead atoms. The Morgan fingerprint density at radius 2 is 2.00 bits per heavy atom. The number of rotatable bonds is 8. The molecule has 1 saturated heterocycles. The molecule has 1 aliphatic rings. The van der Waals surface area contributed by atoms with E-state index in [1.807, 2.05) is 0 Å². The number of thiazole rings is 1. The second-order valence-corrected chi connectivity index (χ2v) is 12.0. The van der Waals surface area contributed by atoms with E-state index >= 15 is 0 Å². The quantitative estimate of drug-likeness (QED) is 0.532. The second-order valence-electron chi connectivity index (χ2n) is 7.38. The standard InChI is InChI=1S/C20H26N4O5S3/c1-12-4-5-15(10-17(12)32(27,28)24-6-8-29-9-7-24)23-19(26)14(3)30-20-22-13(2)16(31-20)11-18(21)25/h4-5,10,14H,6-9,11H2,1-3H3,(H2,21,25)(H,23,26)/t14-/m0/s1. The van der Waals surface area contributed by atoms with Crippen LogP contribution < -0.4 is 11.1 Å². The number of aromatic nitrogens is 1. The maximum absolute atomic E-state index is 13.0. The molecule has 2 aromatic rings. The van der Waals surface area contributed by atoms with Crippen molar-refractivity contribution in [2.45, 2.75) is 41.7 Å². The molecule has 3 N–H and O–H groups in total. The number of benzene rings is 1. The Kier molecular flexibility index (Phi) is 7.93. The van der Waals surface area contributed by atoms with E-state index in [1.165, 1.54) is 33.5 Å². The van der Waals surface area contributed by atoms with Crippen molar-refractivity contribution >= 4 is 50.6 Å². The fourth-order valence-electron chi connectivity index (χ4n) is 3.10. The van der Waals surface area contributed by atoms with E-state index in [1.54, 1.807) is 32.9 Å². The predicted octanol–water partition coefficient (Wildman–Crippen LogP) is 1.93.